The molecule has 0 aromatic heterocycles. The van der Waals surface area contributed by atoms with Crippen LogP contribution in [0, 0.1) is 0 Å². The Hall–Kier alpha value is -1.01. The molecular weight excluding hydrogens is 244 g/mol. The summed E-state index contributed by atoms with van der Waals surface area (Å²) in [4.78, 5) is 0. The van der Waals surface area contributed by atoms with Crippen LogP contribution in [0.15, 0.2) is 24.3 Å². The molecule has 0 bridgehead atoms. The van der Waals surface area contributed by atoms with Gasteiger partial charge in [0.15, 0.2) is 0 Å². The Labute approximate surface area is 104 Å². The van der Waals surface area contributed by atoms with E-state index in [2.05, 4.69) is 0 Å². The normalized spacial score (nSPS) is 19.9. The average Bonchev–Trinajstić information content (AvgIpc) is 2.27. The predicted octanol–water partition coefficient (Wildman–Crippen LogP) is 1.81. The second-order valence-electron chi connectivity index (χ2n) is 4.80. The number of rotatable bonds is 1. The van der Waals surface area contributed by atoms with E-state index in [4.69, 9.17) is 0 Å². The quantitative estimate of drug-likeness (QED) is 0.595. The van der Waals surface area contributed by atoms with Crippen LogP contribution < -0.4 is 5.46 Å². The summed E-state index contributed by atoms with van der Waals surface area (Å²) in [5.41, 5.74) is -1.98. The molecule has 2 rings (SSSR count). The molecule has 2 N–H and O–H groups in total. The fourth-order valence-corrected chi connectivity index (χ4v) is 2.48. The Bertz CT molecular complexity index is 414. The molecule has 1 heterocycles. The third kappa shape index (κ3) is 2.70. The van der Waals surface area contributed by atoms with Gasteiger partial charge in [0.2, 0.25) is 6.71 Å². The van der Waals surface area contributed by atoms with Gasteiger partial charge in [-0.05, 0) is 12.8 Å². The summed E-state index contributed by atoms with van der Waals surface area (Å²) < 4.78 is 37.2. The van der Waals surface area contributed by atoms with Crippen LogP contribution in [0.2, 0.25) is 6.32 Å². The Morgan fingerprint density at radius 1 is 1.06 bits per heavy atom. The van der Waals surface area contributed by atoms with Gasteiger partial charge >= 0.3 is 6.18 Å². The van der Waals surface area contributed by atoms with E-state index in [1.807, 2.05) is 0 Å². The second kappa shape index (κ2) is 4.59. The summed E-state index contributed by atoms with van der Waals surface area (Å²) in [5.74, 6) is 0. The minimum absolute atomic E-state index is 0.263. The lowest BCUT2D eigenvalue weighted by molar-refractivity contribution is -0.137. The number of halogens is 3. The molecule has 1 aromatic carbocycles. The molecule has 1 saturated heterocycles. The van der Waals surface area contributed by atoms with Crippen molar-refractivity contribution in [1.82, 2.24) is 0 Å². The molecular formula is C12H14BF3O2. The third-order valence-electron chi connectivity index (χ3n) is 3.49. The van der Waals surface area contributed by atoms with Crippen molar-refractivity contribution in [1.29, 1.82) is 0 Å². The molecule has 0 radical (unpaired) electrons. The topological polar surface area (TPSA) is 40.5 Å². The van der Waals surface area contributed by atoms with Crippen molar-refractivity contribution in [3.05, 3.63) is 29.8 Å². The summed E-state index contributed by atoms with van der Waals surface area (Å²) in [5, 5.41) is 19.7. The number of aliphatic hydroxyl groups is 2. The lowest BCUT2D eigenvalue weighted by Crippen LogP contribution is -2.55. The molecule has 1 aliphatic rings. The van der Waals surface area contributed by atoms with Gasteiger partial charge < -0.3 is 10.2 Å². The van der Waals surface area contributed by atoms with Crippen molar-refractivity contribution in [3.63, 3.8) is 0 Å². The number of alkyl halides is 3. The molecule has 0 aliphatic carbocycles. The van der Waals surface area contributed by atoms with Gasteiger partial charge in [0, 0.05) is 0 Å². The van der Waals surface area contributed by atoms with E-state index in [0.717, 1.165) is 25.0 Å². The average molecular weight is 258 g/mol. The Kier molecular flexibility index (Phi) is 3.42. The minimum Gasteiger partial charge on any atom is -0.373 e. The Morgan fingerprint density at radius 3 is 2.17 bits per heavy atom. The fraction of sp³-hybridized carbons (Fsp3) is 0.500. The van der Waals surface area contributed by atoms with E-state index in [1.165, 1.54) is 12.1 Å². The predicted molar refractivity (Wildman–Crippen MR) is 62.7 cm³/mol. The molecule has 6 heteroatoms. The fourth-order valence-electron chi connectivity index (χ4n) is 2.48. The largest absolute Gasteiger partial charge is 0.416 e. The second-order valence-corrected chi connectivity index (χ2v) is 4.80. The van der Waals surface area contributed by atoms with Gasteiger partial charge in [0.25, 0.3) is 0 Å². The zero-order valence-corrected chi connectivity index (χ0v) is 9.74. The summed E-state index contributed by atoms with van der Waals surface area (Å²) in [7, 11) is 0. The molecule has 98 valence electrons. The summed E-state index contributed by atoms with van der Waals surface area (Å²) in [6.45, 7) is -0.506. The van der Waals surface area contributed by atoms with Crippen LogP contribution in [0.1, 0.15) is 24.8 Å². The molecule has 0 unspecified atom stereocenters. The maximum absolute atomic E-state index is 12.4. The van der Waals surface area contributed by atoms with Gasteiger partial charge in [-0.3, -0.25) is 0 Å². The highest BCUT2D eigenvalue weighted by Gasteiger charge is 2.41. The zero-order valence-electron chi connectivity index (χ0n) is 9.74. The maximum Gasteiger partial charge on any atom is 0.416 e. The van der Waals surface area contributed by atoms with Gasteiger partial charge in [-0.25, -0.2) is 0 Å². The molecule has 1 fully saturated rings. The molecule has 18 heavy (non-hydrogen) atoms. The van der Waals surface area contributed by atoms with Crippen molar-refractivity contribution < 1.29 is 23.4 Å². The first-order chi connectivity index (χ1) is 8.31. The molecule has 0 amide bonds. The van der Waals surface area contributed by atoms with Gasteiger partial charge in [-0.1, -0.05) is 42.5 Å². The van der Waals surface area contributed by atoms with E-state index in [0.29, 0.717) is 11.8 Å². The smallest absolute Gasteiger partial charge is 0.373 e. The standard InChI is InChI=1S/C12H14BF3O2/c14-12(15,16)9-3-5-10(6-4-9)13-8-2-1-7-11(13,17)18/h3-6,17-18H,1-2,7-8H2. The van der Waals surface area contributed by atoms with E-state index in [-0.39, 0.29) is 6.42 Å². The first-order valence-corrected chi connectivity index (χ1v) is 5.92. The van der Waals surface area contributed by atoms with Crippen molar-refractivity contribution >= 4 is 12.2 Å². The van der Waals surface area contributed by atoms with Crippen LogP contribution in [-0.4, -0.2) is 22.6 Å². The van der Waals surface area contributed by atoms with Gasteiger partial charge in [-0.15, -0.1) is 0 Å². The molecule has 0 atom stereocenters. The van der Waals surface area contributed by atoms with Crippen LogP contribution in [-0.2, 0) is 6.18 Å². The number of benzene rings is 1. The lowest BCUT2D eigenvalue weighted by Gasteiger charge is -2.33. The van der Waals surface area contributed by atoms with E-state index < -0.39 is 24.1 Å². The lowest BCUT2D eigenvalue weighted by atomic mass is 9.34. The van der Waals surface area contributed by atoms with Gasteiger partial charge in [0.1, 0.15) is 5.69 Å². The first-order valence-electron chi connectivity index (χ1n) is 5.92. The molecule has 0 spiro atoms. The van der Waals surface area contributed by atoms with Crippen LogP contribution >= 0.6 is 0 Å². The molecule has 1 aromatic rings. The SMILES string of the molecule is OC1(O)CCCCB1c1ccc(C(F)(F)F)cc1. The van der Waals surface area contributed by atoms with Crippen LogP contribution in [0.4, 0.5) is 13.2 Å². The minimum atomic E-state index is -4.36. The molecule has 1 aliphatic heterocycles. The van der Waals surface area contributed by atoms with Crippen LogP contribution in [0.3, 0.4) is 0 Å². The van der Waals surface area contributed by atoms with E-state index in [1.54, 1.807) is 0 Å². The molecule has 0 saturated carbocycles. The van der Waals surface area contributed by atoms with E-state index in [9.17, 15) is 23.4 Å². The summed E-state index contributed by atoms with van der Waals surface area (Å²) in [6, 6.07) is 4.64. The molecule has 2 nitrogen and oxygen atoms in total. The highest BCUT2D eigenvalue weighted by atomic mass is 19.4. The van der Waals surface area contributed by atoms with Gasteiger partial charge in [0.05, 0.1) is 5.56 Å². The number of hydrogen-bond donors (Lipinski definition) is 2. The van der Waals surface area contributed by atoms with Crippen molar-refractivity contribution in [2.45, 2.75) is 37.4 Å². The van der Waals surface area contributed by atoms with Crippen molar-refractivity contribution in [3.8, 4) is 0 Å². The highest BCUT2D eigenvalue weighted by Crippen LogP contribution is 2.29. The summed E-state index contributed by atoms with van der Waals surface area (Å²) in [6.07, 6.45) is -1.93. The van der Waals surface area contributed by atoms with E-state index >= 15 is 0 Å². The van der Waals surface area contributed by atoms with Crippen LogP contribution in [0.5, 0.6) is 0 Å². The summed E-state index contributed by atoms with van der Waals surface area (Å²) >= 11 is 0. The highest BCUT2D eigenvalue weighted by molar-refractivity contribution is 6.75. The zero-order chi connectivity index (χ0) is 13.4. The van der Waals surface area contributed by atoms with Crippen molar-refractivity contribution in [2.75, 3.05) is 0 Å². The van der Waals surface area contributed by atoms with Gasteiger partial charge in [-0.2, -0.15) is 13.2 Å². The first kappa shape index (κ1) is 13.4. The third-order valence-corrected chi connectivity index (χ3v) is 3.49. The Balaban J connectivity index is 2.24. The van der Waals surface area contributed by atoms with Crippen LogP contribution in [0.25, 0.3) is 0 Å². The van der Waals surface area contributed by atoms with Crippen molar-refractivity contribution in [2.24, 2.45) is 0 Å². The maximum atomic E-state index is 12.4. The monoisotopic (exact) mass is 258 g/mol. The Morgan fingerprint density at radius 2 is 1.67 bits per heavy atom. The number of hydrogen-bond acceptors (Lipinski definition) is 2.